The second kappa shape index (κ2) is 10.8. The number of ether oxygens (including phenoxy) is 2. The Bertz CT molecular complexity index is 852. The van der Waals surface area contributed by atoms with Crippen LogP contribution < -0.4 is 10.6 Å². The van der Waals surface area contributed by atoms with Gasteiger partial charge in [-0.05, 0) is 54.0 Å². The highest BCUT2D eigenvalue weighted by Crippen LogP contribution is 2.38. The van der Waals surface area contributed by atoms with E-state index in [1.54, 1.807) is 20.8 Å². The van der Waals surface area contributed by atoms with Crippen LogP contribution >= 0.6 is 0 Å². The molecule has 1 aliphatic heterocycles. The van der Waals surface area contributed by atoms with Gasteiger partial charge in [-0.2, -0.15) is 0 Å². The number of hydrogen-bond donors (Lipinski definition) is 2. The van der Waals surface area contributed by atoms with Crippen LogP contribution in [0.2, 0.25) is 6.32 Å². The molecule has 1 aromatic rings. The summed E-state index contributed by atoms with van der Waals surface area (Å²) in [5, 5.41) is 5.30. The number of amides is 2. The Hall–Kier alpha value is -2.59. The molecule has 1 unspecified atom stereocenters. The Kier molecular flexibility index (Phi) is 8.77. The van der Waals surface area contributed by atoms with Gasteiger partial charge >= 0.3 is 19.2 Å². The summed E-state index contributed by atoms with van der Waals surface area (Å²) in [6.07, 6.45) is -0.506. The molecule has 1 aromatic carbocycles. The summed E-state index contributed by atoms with van der Waals surface area (Å²) in [5.41, 5.74) is -1.11. The number of hydrogen-bond acceptors (Lipinski definition) is 7. The van der Waals surface area contributed by atoms with Gasteiger partial charge < -0.3 is 29.4 Å². The molecule has 0 radical (unpaired) electrons. The zero-order chi connectivity index (χ0) is 25.7. The normalized spacial score (nSPS) is 18.5. The fraction of sp³-hybridized carbons (Fsp3) is 0.625. The lowest BCUT2D eigenvalue weighted by Crippen LogP contribution is -2.54. The number of rotatable bonds is 8. The van der Waals surface area contributed by atoms with Crippen LogP contribution in [0.3, 0.4) is 0 Å². The molecule has 1 heterocycles. The van der Waals surface area contributed by atoms with Crippen molar-refractivity contribution in [3.63, 3.8) is 0 Å². The molecule has 1 fully saturated rings. The number of nitrogens with one attached hydrogen (secondary N) is 2. The van der Waals surface area contributed by atoms with Crippen molar-refractivity contribution in [2.24, 2.45) is 0 Å². The molecule has 0 aliphatic carbocycles. The lowest BCUT2D eigenvalue weighted by atomic mass is 9.80. The maximum atomic E-state index is 13.3. The Labute approximate surface area is 202 Å². The molecule has 2 N–H and O–H groups in total. The fourth-order valence-corrected chi connectivity index (χ4v) is 3.39. The van der Waals surface area contributed by atoms with Crippen LogP contribution in [0.4, 0.5) is 4.79 Å². The van der Waals surface area contributed by atoms with Gasteiger partial charge in [-0.15, -0.1) is 0 Å². The van der Waals surface area contributed by atoms with Gasteiger partial charge in [0.05, 0.1) is 18.3 Å². The minimum Gasteiger partial charge on any atom is -0.467 e. The fourth-order valence-electron chi connectivity index (χ4n) is 3.39. The Morgan fingerprint density at radius 2 is 1.53 bits per heavy atom. The van der Waals surface area contributed by atoms with Gasteiger partial charge in [-0.1, -0.05) is 30.3 Å². The minimum absolute atomic E-state index is 0.0250. The summed E-state index contributed by atoms with van der Waals surface area (Å²) in [6.45, 7) is 12.8. The molecule has 2 rings (SSSR count). The number of alkyl carbamates (subject to hydrolysis) is 1. The maximum Gasteiger partial charge on any atom is 0.460 e. The average molecular weight is 476 g/mol. The Balaban J connectivity index is 2.20. The highest BCUT2D eigenvalue weighted by atomic mass is 16.7. The summed E-state index contributed by atoms with van der Waals surface area (Å²) in [6, 6.07) is 7.23. The predicted octanol–water partition coefficient (Wildman–Crippen LogP) is 2.87. The largest absolute Gasteiger partial charge is 0.467 e. The molecular formula is C24H37BN2O7. The second-order valence-electron chi connectivity index (χ2n) is 10.4. The topological polar surface area (TPSA) is 112 Å². The van der Waals surface area contributed by atoms with Gasteiger partial charge in [0.1, 0.15) is 17.7 Å². The third-order valence-electron chi connectivity index (χ3n) is 5.82. The van der Waals surface area contributed by atoms with E-state index in [1.165, 1.54) is 7.11 Å². The van der Waals surface area contributed by atoms with Crippen LogP contribution in [-0.2, 0) is 34.8 Å². The van der Waals surface area contributed by atoms with Gasteiger partial charge in [0.15, 0.2) is 0 Å². The third-order valence-corrected chi connectivity index (χ3v) is 5.82. The Morgan fingerprint density at radius 3 is 2.03 bits per heavy atom. The standard InChI is InChI=1S/C24H37BN2O7/c1-22(2,3)32-21(30)27-18(15-25-33-23(4,5)24(6,7)34-25)19(28)26-17(20(29)31-8)14-16-12-10-9-11-13-16/h9-13,17-18H,14-15H2,1-8H3,(H,26,28)(H,27,30)/t17-,18?/m0/s1. The van der Waals surface area contributed by atoms with Crippen LogP contribution in [0, 0.1) is 0 Å². The number of methoxy groups -OCH3 is 1. The van der Waals surface area contributed by atoms with Gasteiger partial charge in [-0.25, -0.2) is 9.59 Å². The third kappa shape index (κ3) is 7.73. The first-order valence-electron chi connectivity index (χ1n) is 11.4. The molecule has 0 saturated carbocycles. The molecule has 2 amide bonds. The summed E-state index contributed by atoms with van der Waals surface area (Å²) in [5.74, 6) is -1.17. The molecular weight excluding hydrogens is 439 g/mol. The highest BCUT2D eigenvalue weighted by molar-refractivity contribution is 6.46. The van der Waals surface area contributed by atoms with E-state index in [4.69, 9.17) is 18.8 Å². The zero-order valence-corrected chi connectivity index (χ0v) is 21.4. The summed E-state index contributed by atoms with van der Waals surface area (Å²) >= 11 is 0. The second-order valence-corrected chi connectivity index (χ2v) is 10.4. The predicted molar refractivity (Wildman–Crippen MR) is 128 cm³/mol. The minimum atomic E-state index is -1.08. The summed E-state index contributed by atoms with van der Waals surface area (Å²) < 4.78 is 22.2. The van der Waals surface area contributed by atoms with Crippen molar-refractivity contribution in [2.75, 3.05) is 7.11 Å². The number of carbonyl (C=O) groups is 3. The molecule has 1 aliphatic rings. The van der Waals surface area contributed by atoms with Crippen LogP contribution in [0.15, 0.2) is 30.3 Å². The molecule has 0 bridgehead atoms. The lowest BCUT2D eigenvalue weighted by Gasteiger charge is -2.32. The molecule has 0 aromatic heterocycles. The zero-order valence-electron chi connectivity index (χ0n) is 21.4. The van der Waals surface area contributed by atoms with Gasteiger partial charge in [0.2, 0.25) is 5.91 Å². The molecule has 0 spiro atoms. The van der Waals surface area contributed by atoms with Gasteiger partial charge in [0, 0.05) is 12.7 Å². The van der Waals surface area contributed by atoms with Crippen molar-refractivity contribution < 1.29 is 33.2 Å². The monoisotopic (exact) mass is 476 g/mol. The molecule has 2 atom stereocenters. The van der Waals surface area contributed by atoms with Crippen LogP contribution in [0.5, 0.6) is 0 Å². The van der Waals surface area contributed by atoms with Gasteiger partial charge in [0.25, 0.3) is 0 Å². The van der Waals surface area contributed by atoms with Crippen LogP contribution in [0.25, 0.3) is 0 Å². The van der Waals surface area contributed by atoms with Crippen LogP contribution in [-0.4, -0.2) is 61.1 Å². The average Bonchev–Trinajstić information content (AvgIpc) is 2.91. The first kappa shape index (κ1) is 27.7. The van der Waals surface area contributed by atoms with E-state index < -0.39 is 54.0 Å². The number of carbonyl (C=O) groups excluding carboxylic acids is 3. The number of esters is 1. The van der Waals surface area contributed by atoms with E-state index in [0.717, 1.165) is 5.56 Å². The summed E-state index contributed by atoms with van der Waals surface area (Å²) in [7, 11) is 0.509. The van der Waals surface area contributed by atoms with E-state index in [2.05, 4.69) is 10.6 Å². The SMILES string of the molecule is COC(=O)[C@H](Cc1ccccc1)NC(=O)C(CB1OC(C)(C)C(C)(C)O1)NC(=O)OC(C)(C)C. The molecule has 34 heavy (non-hydrogen) atoms. The van der Waals surface area contributed by atoms with E-state index in [0.29, 0.717) is 0 Å². The van der Waals surface area contributed by atoms with Crippen LogP contribution in [0.1, 0.15) is 54.0 Å². The number of benzene rings is 1. The van der Waals surface area contributed by atoms with Crippen molar-refractivity contribution in [3.8, 4) is 0 Å². The van der Waals surface area contributed by atoms with Crippen molar-refractivity contribution in [3.05, 3.63) is 35.9 Å². The van der Waals surface area contributed by atoms with E-state index >= 15 is 0 Å². The quantitative estimate of drug-likeness (QED) is 0.438. The summed E-state index contributed by atoms with van der Waals surface area (Å²) in [4.78, 5) is 38.2. The highest BCUT2D eigenvalue weighted by Gasteiger charge is 2.52. The lowest BCUT2D eigenvalue weighted by molar-refractivity contribution is -0.145. The van der Waals surface area contributed by atoms with E-state index in [9.17, 15) is 14.4 Å². The molecule has 9 nitrogen and oxygen atoms in total. The maximum absolute atomic E-state index is 13.3. The van der Waals surface area contributed by atoms with Crippen molar-refractivity contribution in [1.29, 1.82) is 0 Å². The molecule has 188 valence electrons. The first-order valence-corrected chi connectivity index (χ1v) is 11.4. The molecule has 1 saturated heterocycles. The van der Waals surface area contributed by atoms with Crippen molar-refractivity contribution >= 4 is 25.1 Å². The van der Waals surface area contributed by atoms with E-state index in [-0.39, 0.29) is 12.7 Å². The van der Waals surface area contributed by atoms with Crippen molar-refractivity contribution in [2.45, 2.75) is 90.1 Å². The smallest absolute Gasteiger partial charge is 0.460 e. The first-order chi connectivity index (χ1) is 15.6. The Morgan fingerprint density at radius 1 is 0.971 bits per heavy atom. The van der Waals surface area contributed by atoms with Gasteiger partial charge in [-0.3, -0.25) is 4.79 Å². The molecule has 10 heteroatoms. The van der Waals surface area contributed by atoms with Crippen molar-refractivity contribution in [1.82, 2.24) is 10.6 Å². The van der Waals surface area contributed by atoms with E-state index in [1.807, 2.05) is 58.0 Å².